The predicted molar refractivity (Wildman–Crippen MR) is 143 cm³/mol. The van der Waals surface area contributed by atoms with Crippen molar-refractivity contribution in [3.63, 3.8) is 0 Å². The Hall–Kier alpha value is -3.05. The second kappa shape index (κ2) is 9.19. The molecule has 0 bridgehead atoms. The van der Waals surface area contributed by atoms with Gasteiger partial charge in [0.05, 0.1) is 0 Å². The molecule has 2 N–H and O–H groups in total. The van der Waals surface area contributed by atoms with Crippen molar-refractivity contribution < 1.29 is 4.79 Å². The lowest BCUT2D eigenvalue weighted by molar-refractivity contribution is 0.0712. The van der Waals surface area contributed by atoms with Gasteiger partial charge in [0.2, 0.25) is 0 Å². The number of fused-ring (bicyclic) bond motifs is 2. The number of carbonyl (C=O) groups excluding carboxylic acids is 1. The summed E-state index contributed by atoms with van der Waals surface area (Å²) in [5.74, 6) is 0.799. The molecule has 2 fully saturated rings. The van der Waals surface area contributed by atoms with Gasteiger partial charge in [-0.15, -0.1) is 0 Å². The summed E-state index contributed by atoms with van der Waals surface area (Å²) < 4.78 is 0. The lowest BCUT2D eigenvalue weighted by Crippen LogP contribution is -2.40. The third-order valence-corrected chi connectivity index (χ3v) is 8.32. The summed E-state index contributed by atoms with van der Waals surface area (Å²) in [6, 6.07) is 15.4. The molecule has 1 amide bonds. The second-order valence-electron chi connectivity index (χ2n) is 10.8. The Kier molecular flexibility index (Phi) is 5.89. The van der Waals surface area contributed by atoms with Crippen LogP contribution in [0.5, 0.6) is 0 Å². The number of rotatable bonds is 5. The minimum Gasteiger partial charge on any atom is -0.361 e. The van der Waals surface area contributed by atoms with Gasteiger partial charge in [0, 0.05) is 47.1 Å². The molecular weight excluding hydrogens is 432 g/mol. The summed E-state index contributed by atoms with van der Waals surface area (Å²) in [5, 5.41) is 2.50. The van der Waals surface area contributed by atoms with Crippen molar-refractivity contribution in [2.75, 3.05) is 26.2 Å². The van der Waals surface area contributed by atoms with Gasteiger partial charge < -0.3 is 19.8 Å². The number of piperidine rings is 1. The van der Waals surface area contributed by atoms with Gasteiger partial charge in [-0.3, -0.25) is 4.79 Å². The molecule has 2 aromatic carbocycles. The lowest BCUT2D eigenvalue weighted by Gasteiger charge is -2.33. The van der Waals surface area contributed by atoms with E-state index in [1.807, 2.05) is 6.07 Å². The molecular formula is C30H36N4O. The van der Waals surface area contributed by atoms with Crippen LogP contribution in [0.4, 0.5) is 0 Å². The molecule has 4 heterocycles. The van der Waals surface area contributed by atoms with E-state index in [9.17, 15) is 4.79 Å². The molecule has 0 aliphatic carbocycles. The standard InChI is InChI=1S/C30H36N4O/c1-20-5-7-23-18-29(32-27(23)16-20)30(35)34-12-3-4-24(34)11-15-33-13-9-22(10-14-33)26-19-31-28-17-21(2)6-8-25(26)28/h5-8,16-19,22,24,31-32H,3-4,9-15H2,1-2H3/t24-/m0/s1. The van der Waals surface area contributed by atoms with Crippen LogP contribution in [0.1, 0.15) is 65.2 Å². The van der Waals surface area contributed by atoms with E-state index in [0.717, 1.165) is 62.0 Å². The molecule has 5 nitrogen and oxygen atoms in total. The van der Waals surface area contributed by atoms with Crippen LogP contribution >= 0.6 is 0 Å². The molecule has 4 aromatic rings. The molecule has 0 saturated carbocycles. The van der Waals surface area contributed by atoms with Gasteiger partial charge in [-0.25, -0.2) is 0 Å². The fourth-order valence-electron chi connectivity index (χ4n) is 6.31. The van der Waals surface area contributed by atoms with Gasteiger partial charge in [-0.05, 0) is 99.8 Å². The van der Waals surface area contributed by atoms with E-state index in [2.05, 4.69) is 76.2 Å². The third kappa shape index (κ3) is 4.38. The summed E-state index contributed by atoms with van der Waals surface area (Å²) >= 11 is 0. The molecule has 1 atom stereocenters. The van der Waals surface area contributed by atoms with Gasteiger partial charge in [-0.2, -0.15) is 0 Å². The van der Waals surface area contributed by atoms with E-state index in [0.29, 0.717) is 12.0 Å². The molecule has 2 aliphatic rings. The number of aromatic amines is 2. The summed E-state index contributed by atoms with van der Waals surface area (Å²) in [6.07, 6.45) is 7.96. The minimum atomic E-state index is 0.162. The number of nitrogens with zero attached hydrogens (tertiary/aromatic N) is 2. The lowest BCUT2D eigenvalue weighted by atomic mass is 9.89. The average molecular weight is 469 g/mol. The Morgan fingerprint density at radius 2 is 1.71 bits per heavy atom. The Balaban J connectivity index is 1.05. The molecule has 2 aliphatic heterocycles. The second-order valence-corrected chi connectivity index (χ2v) is 10.8. The number of benzene rings is 2. The summed E-state index contributed by atoms with van der Waals surface area (Å²) in [6.45, 7) is 8.48. The van der Waals surface area contributed by atoms with Crippen molar-refractivity contribution in [1.82, 2.24) is 19.8 Å². The molecule has 6 rings (SSSR count). The smallest absolute Gasteiger partial charge is 0.270 e. The monoisotopic (exact) mass is 468 g/mol. The van der Waals surface area contributed by atoms with Gasteiger partial charge in [0.25, 0.3) is 5.91 Å². The Morgan fingerprint density at radius 3 is 2.54 bits per heavy atom. The van der Waals surface area contributed by atoms with Crippen LogP contribution in [0.15, 0.2) is 48.7 Å². The van der Waals surface area contributed by atoms with E-state index >= 15 is 0 Å². The zero-order valence-corrected chi connectivity index (χ0v) is 20.9. The van der Waals surface area contributed by atoms with Crippen molar-refractivity contribution in [3.05, 3.63) is 71.0 Å². The maximum atomic E-state index is 13.3. The summed E-state index contributed by atoms with van der Waals surface area (Å²) in [4.78, 5) is 24.9. The Bertz CT molecular complexity index is 1360. The molecule has 2 saturated heterocycles. The highest BCUT2D eigenvalue weighted by Gasteiger charge is 2.31. The third-order valence-electron chi connectivity index (χ3n) is 8.32. The number of nitrogens with one attached hydrogen (secondary N) is 2. The van der Waals surface area contributed by atoms with Crippen LogP contribution in [0, 0.1) is 13.8 Å². The average Bonchev–Trinajstić information content (AvgIpc) is 3.60. The number of amides is 1. The fourth-order valence-corrected chi connectivity index (χ4v) is 6.31. The summed E-state index contributed by atoms with van der Waals surface area (Å²) in [5.41, 5.74) is 7.05. The number of H-pyrrole nitrogens is 2. The van der Waals surface area contributed by atoms with Crippen molar-refractivity contribution in [3.8, 4) is 0 Å². The highest BCUT2D eigenvalue weighted by atomic mass is 16.2. The topological polar surface area (TPSA) is 55.1 Å². The number of aryl methyl sites for hydroxylation is 2. The zero-order valence-electron chi connectivity index (χ0n) is 20.9. The first kappa shape index (κ1) is 22.4. The van der Waals surface area contributed by atoms with E-state index < -0.39 is 0 Å². The Labute approximate surface area is 207 Å². The van der Waals surface area contributed by atoms with Crippen molar-refractivity contribution >= 4 is 27.7 Å². The van der Waals surface area contributed by atoms with E-state index in [1.54, 1.807) is 0 Å². The maximum Gasteiger partial charge on any atom is 0.270 e. The highest BCUT2D eigenvalue weighted by Crippen LogP contribution is 2.34. The quantitative estimate of drug-likeness (QED) is 0.370. The van der Waals surface area contributed by atoms with E-state index in [4.69, 9.17) is 0 Å². The Morgan fingerprint density at radius 1 is 0.943 bits per heavy atom. The molecule has 35 heavy (non-hydrogen) atoms. The van der Waals surface area contributed by atoms with Crippen LogP contribution < -0.4 is 0 Å². The first-order valence-corrected chi connectivity index (χ1v) is 13.3. The van der Waals surface area contributed by atoms with Crippen LogP contribution in [0.25, 0.3) is 21.8 Å². The molecule has 5 heteroatoms. The summed E-state index contributed by atoms with van der Waals surface area (Å²) in [7, 11) is 0. The van der Waals surface area contributed by atoms with E-state index in [1.165, 1.54) is 40.4 Å². The number of aromatic nitrogens is 2. The largest absolute Gasteiger partial charge is 0.361 e. The van der Waals surface area contributed by atoms with Crippen LogP contribution in [0.3, 0.4) is 0 Å². The molecule has 0 radical (unpaired) electrons. The predicted octanol–water partition coefficient (Wildman–Crippen LogP) is 6.14. The van der Waals surface area contributed by atoms with Crippen molar-refractivity contribution in [2.24, 2.45) is 0 Å². The molecule has 182 valence electrons. The van der Waals surface area contributed by atoms with Gasteiger partial charge >= 0.3 is 0 Å². The van der Waals surface area contributed by atoms with Crippen LogP contribution in [-0.4, -0.2) is 57.9 Å². The molecule has 0 unspecified atom stereocenters. The number of hydrogen-bond donors (Lipinski definition) is 2. The van der Waals surface area contributed by atoms with Crippen molar-refractivity contribution in [2.45, 2.75) is 57.9 Å². The fraction of sp³-hybridized carbons (Fsp3) is 0.433. The highest BCUT2D eigenvalue weighted by molar-refractivity contribution is 5.98. The van der Waals surface area contributed by atoms with Crippen molar-refractivity contribution in [1.29, 1.82) is 0 Å². The maximum absolute atomic E-state index is 13.3. The minimum absolute atomic E-state index is 0.162. The first-order chi connectivity index (χ1) is 17.0. The zero-order chi connectivity index (χ0) is 23.9. The number of carbonyl (C=O) groups is 1. The van der Waals surface area contributed by atoms with Gasteiger partial charge in [0.1, 0.15) is 5.69 Å². The van der Waals surface area contributed by atoms with Crippen LogP contribution in [-0.2, 0) is 0 Å². The number of hydrogen-bond acceptors (Lipinski definition) is 2. The van der Waals surface area contributed by atoms with Gasteiger partial charge in [-0.1, -0.05) is 24.3 Å². The first-order valence-electron chi connectivity index (χ1n) is 13.3. The van der Waals surface area contributed by atoms with Gasteiger partial charge in [0.15, 0.2) is 0 Å². The number of likely N-dealkylation sites (tertiary alicyclic amines) is 2. The molecule has 2 aromatic heterocycles. The van der Waals surface area contributed by atoms with E-state index in [-0.39, 0.29) is 5.91 Å². The normalized spacial score (nSPS) is 19.8. The SMILES string of the molecule is Cc1ccc2cc(C(=O)N3CCC[C@H]3CCN3CCC(c4c[nH]c5cc(C)ccc45)CC3)[nH]c2c1. The van der Waals surface area contributed by atoms with Crippen LogP contribution in [0.2, 0.25) is 0 Å². The molecule has 0 spiro atoms.